The molecule has 2 heterocycles. The van der Waals surface area contributed by atoms with Crippen LogP contribution in [0.1, 0.15) is 105 Å². The summed E-state index contributed by atoms with van der Waals surface area (Å²) in [4.78, 5) is 0. The van der Waals surface area contributed by atoms with Crippen molar-refractivity contribution in [1.29, 1.82) is 0 Å². The number of halogens is 3. The minimum Gasteiger partial charge on any atom is -0.741 e. The van der Waals surface area contributed by atoms with E-state index in [1.807, 2.05) is 10.6 Å². The van der Waals surface area contributed by atoms with E-state index in [0.29, 0.717) is 0 Å². The summed E-state index contributed by atoms with van der Waals surface area (Å²) in [6, 6.07) is 9.79. The second-order valence-corrected chi connectivity index (χ2v) is 17.6. The molecule has 0 aromatic heterocycles. The molecule has 237 valence electrons. The van der Waals surface area contributed by atoms with Crippen molar-refractivity contribution in [3.05, 3.63) is 48.6 Å². The predicted molar refractivity (Wildman–Crippen MR) is 167 cm³/mol. The van der Waals surface area contributed by atoms with E-state index in [0.717, 1.165) is 22.6 Å². The van der Waals surface area contributed by atoms with Crippen molar-refractivity contribution >= 4 is 36.6 Å². The Hall–Kier alpha value is -0.117. The monoisotopic (exact) mass is 722 g/mol. The summed E-state index contributed by atoms with van der Waals surface area (Å²) in [7, 11) is -5.96. The normalized spacial score (nSPS) is 26.8. The third-order valence-corrected chi connectivity index (χ3v) is 16.5. The molecule has 3 aliphatic rings. The van der Waals surface area contributed by atoms with Crippen LogP contribution >= 0.6 is 15.8 Å². The molecule has 0 amide bonds. The van der Waals surface area contributed by atoms with Gasteiger partial charge in [0.1, 0.15) is 0 Å². The smallest absolute Gasteiger partial charge is 0.485 e. The van der Waals surface area contributed by atoms with E-state index in [2.05, 4.69) is 76.3 Å². The molecule has 41 heavy (non-hydrogen) atoms. The number of rotatable bonds is 6. The molecular weight excluding hydrogens is 674 g/mol. The maximum Gasteiger partial charge on any atom is 0.485 e. The van der Waals surface area contributed by atoms with E-state index in [1.165, 1.54) is 77.0 Å². The van der Waals surface area contributed by atoms with Gasteiger partial charge >= 0.3 is 5.51 Å². The summed E-state index contributed by atoms with van der Waals surface area (Å²) in [6.45, 7) is 9.74. The zero-order valence-corrected chi connectivity index (χ0v) is 29.2. The Labute approximate surface area is 262 Å². The molecule has 0 N–H and O–H groups in total. The summed E-state index contributed by atoms with van der Waals surface area (Å²) >= 11 is 0. The van der Waals surface area contributed by atoms with Gasteiger partial charge in [0.2, 0.25) is 0 Å². The molecule has 0 saturated carbocycles. The van der Waals surface area contributed by atoms with Gasteiger partial charge in [0.15, 0.2) is 10.1 Å². The van der Waals surface area contributed by atoms with Gasteiger partial charge in [0.05, 0.1) is 0 Å². The maximum absolute atomic E-state index is 10.7. The molecule has 0 bridgehead atoms. The molecule has 0 unspecified atom stereocenters. The van der Waals surface area contributed by atoms with Crippen LogP contribution in [-0.4, -0.2) is 41.1 Å². The number of allylic oxidation sites excluding steroid dienone is 4. The summed E-state index contributed by atoms with van der Waals surface area (Å²) < 4.78 is 58.9. The Bertz CT molecular complexity index is 952. The third kappa shape index (κ3) is 11.7. The number of hydrogen-bond donors (Lipinski definition) is 0. The molecule has 2 fully saturated rings. The van der Waals surface area contributed by atoms with E-state index in [4.69, 9.17) is 13.0 Å². The quantitative estimate of drug-likeness (QED) is 0.0968. The molecule has 2 saturated heterocycles. The standard InChI is InChI=1S/C22H36P2.C8H12.CHF3O3S.Rh/c1-5-17-13-14-18(6-2)23(17)21-11-9-10-12-22(21)24-19(7-3)15-16-20(24)8-4;1-2-4-6-8-7-5-3-1;2-1(3,4)8(5,6)7;/h9-12,17-20H,5-8,13-16H2,1-4H3;1-2,7-8H,3-6H2;(H,5,6,7);/p-1/b;2-1-,8-7-;;/t17-,18-,19-,20-;;;/m1.../s1. The fourth-order valence-electron chi connectivity index (χ4n) is 6.07. The molecule has 10 heteroatoms. The first-order valence-corrected chi connectivity index (χ1v) is 19.3. The Morgan fingerprint density at radius 2 is 0.927 bits per heavy atom. The summed E-state index contributed by atoms with van der Waals surface area (Å²) in [5.41, 5.74) is -1.69. The topological polar surface area (TPSA) is 57.2 Å². The van der Waals surface area contributed by atoms with Crippen LogP contribution in [0.3, 0.4) is 0 Å². The maximum atomic E-state index is 10.7. The van der Waals surface area contributed by atoms with E-state index >= 15 is 0 Å². The van der Waals surface area contributed by atoms with Gasteiger partial charge in [0.25, 0.3) is 0 Å². The van der Waals surface area contributed by atoms with Crippen molar-refractivity contribution in [1.82, 2.24) is 0 Å². The van der Waals surface area contributed by atoms with E-state index < -0.39 is 15.6 Å². The van der Waals surface area contributed by atoms with Crippen LogP contribution in [0, 0.1) is 0 Å². The van der Waals surface area contributed by atoms with E-state index in [-0.39, 0.29) is 35.3 Å². The molecular formula is C31H48F3O3P2RhS-. The molecule has 4 rings (SSSR count). The van der Waals surface area contributed by atoms with Gasteiger partial charge in [-0.25, -0.2) is 8.42 Å². The van der Waals surface area contributed by atoms with Crippen molar-refractivity contribution < 1.29 is 45.6 Å². The van der Waals surface area contributed by atoms with Crippen LogP contribution in [0.2, 0.25) is 0 Å². The molecule has 2 aliphatic heterocycles. The minimum absolute atomic E-state index is 0. The van der Waals surface area contributed by atoms with E-state index in [9.17, 15) is 13.2 Å². The average molecular weight is 723 g/mol. The predicted octanol–water partition coefficient (Wildman–Crippen LogP) is 9.32. The molecule has 3 nitrogen and oxygen atoms in total. The summed E-state index contributed by atoms with van der Waals surface area (Å²) in [5, 5.41) is 3.68. The molecule has 1 aromatic rings. The first-order valence-electron chi connectivity index (χ1n) is 15.0. The van der Waals surface area contributed by atoms with Crippen LogP contribution in [0.25, 0.3) is 0 Å². The van der Waals surface area contributed by atoms with Crippen molar-refractivity contribution in [3.8, 4) is 0 Å². The fraction of sp³-hybridized carbons (Fsp3) is 0.677. The molecule has 4 atom stereocenters. The van der Waals surface area contributed by atoms with Crippen LogP contribution in [-0.2, 0) is 29.6 Å². The van der Waals surface area contributed by atoms with Gasteiger partial charge in [-0.2, -0.15) is 13.2 Å². The van der Waals surface area contributed by atoms with Crippen molar-refractivity contribution in [3.63, 3.8) is 0 Å². The second kappa shape index (κ2) is 19.3. The molecule has 1 aliphatic carbocycles. The summed E-state index contributed by atoms with van der Waals surface area (Å²) in [6.07, 6.45) is 25.5. The van der Waals surface area contributed by atoms with Gasteiger partial charge in [-0.05, 0) is 110 Å². The van der Waals surface area contributed by atoms with Crippen LogP contribution in [0.5, 0.6) is 0 Å². The third-order valence-electron chi connectivity index (χ3n) is 8.18. The van der Waals surface area contributed by atoms with Crippen LogP contribution < -0.4 is 10.6 Å². The Kier molecular flexibility index (Phi) is 18.3. The minimum atomic E-state index is -6.09. The summed E-state index contributed by atoms with van der Waals surface area (Å²) in [5.74, 6) is 0. The van der Waals surface area contributed by atoms with Gasteiger partial charge < -0.3 is 4.55 Å². The first-order chi connectivity index (χ1) is 19.0. The SMILES string of the molecule is C1=C\CC/C=C\CC/1.CC[C@@H]1CC[C@@H](CC)P1c1ccccc1P1[C@H](CC)CC[C@H]1CC.O=S(=O)([O-])C(F)(F)F.[Rh]. The van der Waals surface area contributed by atoms with Gasteiger partial charge in [-0.15, -0.1) is 0 Å². The van der Waals surface area contributed by atoms with Crippen molar-refractivity contribution in [2.45, 2.75) is 133 Å². The number of benzene rings is 1. The number of alkyl halides is 3. The number of hydrogen-bond acceptors (Lipinski definition) is 3. The molecule has 0 spiro atoms. The van der Waals surface area contributed by atoms with Crippen molar-refractivity contribution in [2.75, 3.05) is 0 Å². The Morgan fingerprint density at radius 3 is 1.12 bits per heavy atom. The Morgan fingerprint density at radius 1 is 0.683 bits per heavy atom. The van der Waals surface area contributed by atoms with Crippen LogP contribution in [0.15, 0.2) is 48.6 Å². The zero-order valence-electron chi connectivity index (χ0n) is 24.9. The van der Waals surface area contributed by atoms with E-state index in [1.54, 1.807) is 0 Å². The molecule has 1 aromatic carbocycles. The van der Waals surface area contributed by atoms with Gasteiger partial charge in [0, 0.05) is 19.5 Å². The fourth-order valence-corrected chi connectivity index (χ4v) is 14.0. The Balaban J connectivity index is 0.000000407. The van der Waals surface area contributed by atoms with Gasteiger partial charge in [-0.3, -0.25) is 0 Å². The zero-order chi connectivity index (χ0) is 29.8. The largest absolute Gasteiger partial charge is 0.741 e. The first kappa shape index (κ1) is 38.9. The molecule has 1 radical (unpaired) electrons. The average Bonchev–Trinajstić information content (AvgIpc) is 3.51. The van der Waals surface area contributed by atoms with Crippen LogP contribution in [0.4, 0.5) is 13.2 Å². The van der Waals surface area contributed by atoms with Gasteiger partial charge in [-0.1, -0.05) is 92.1 Å². The second-order valence-electron chi connectivity index (χ2n) is 10.7. The van der Waals surface area contributed by atoms with Crippen molar-refractivity contribution in [2.24, 2.45) is 0 Å².